The third-order valence-electron chi connectivity index (χ3n) is 10.2. The molecule has 1 aliphatic heterocycles. The zero-order chi connectivity index (χ0) is 44.6. The molecule has 9 atom stereocenters. The van der Waals surface area contributed by atoms with Gasteiger partial charge in [0, 0.05) is 6.54 Å². The first kappa shape index (κ1) is 51.7. The first-order chi connectivity index (χ1) is 26.9. The minimum Gasteiger partial charge on any atom is -0.480 e. The van der Waals surface area contributed by atoms with Gasteiger partial charge in [0.25, 0.3) is 0 Å². The van der Waals surface area contributed by atoms with Gasteiger partial charge in [0.15, 0.2) is 0 Å². The van der Waals surface area contributed by atoms with Crippen molar-refractivity contribution in [3.05, 3.63) is 0 Å². The maximum Gasteiger partial charge on any atom is 0.326 e. The third-order valence-corrected chi connectivity index (χ3v) is 10.2. The van der Waals surface area contributed by atoms with Gasteiger partial charge in [-0.25, -0.2) is 4.79 Å². The lowest BCUT2D eigenvalue weighted by Crippen LogP contribution is -2.60. The summed E-state index contributed by atoms with van der Waals surface area (Å²) in [5.41, 5.74) is 6.06. The number of nitrogens with one attached hydrogen (secondary N) is 6. The molecule has 1 heterocycles. The zero-order valence-corrected chi connectivity index (χ0v) is 36.9. The maximum atomic E-state index is 13.6. The predicted molar refractivity (Wildman–Crippen MR) is 221 cm³/mol. The molecule has 1 rings (SSSR count). The molecule has 17 heteroatoms. The second kappa shape index (κ2) is 24.6. The van der Waals surface area contributed by atoms with Crippen molar-refractivity contribution in [1.29, 1.82) is 0 Å². The van der Waals surface area contributed by atoms with Crippen LogP contribution in [0.1, 0.15) is 128 Å². The van der Waals surface area contributed by atoms with E-state index in [-0.39, 0.29) is 49.0 Å². The Kier molecular flexibility index (Phi) is 21.9. The lowest BCUT2D eigenvalue weighted by atomic mass is 9.96. The third kappa shape index (κ3) is 17.3. The molecule has 0 aromatic heterocycles. The molecule has 332 valence electrons. The second-order valence-electron chi connectivity index (χ2n) is 17.7. The molecule has 0 bridgehead atoms. The van der Waals surface area contributed by atoms with Crippen LogP contribution in [0.25, 0.3) is 0 Å². The molecular weight excluding hydrogens is 748 g/mol. The molecule has 1 fully saturated rings. The summed E-state index contributed by atoms with van der Waals surface area (Å²) in [6.07, 6.45) is 2.58. The molecule has 0 unspecified atom stereocenters. The number of aliphatic carboxylic acids is 1. The Bertz CT molecular complexity index is 1420. The lowest BCUT2D eigenvalue weighted by Gasteiger charge is -2.30. The highest BCUT2D eigenvalue weighted by atomic mass is 16.4. The fourth-order valence-corrected chi connectivity index (χ4v) is 6.78. The SMILES string of the molecule is CC[C@H](C)[C@H](NC(=O)[C@H](CC(C)C)NC(=O)[C@@H](N)CC(C)C)C(=O)N[C@@H](C)C(=O)N[C@@H](C)C(=O)N[C@@H](CC(C)C)C(=O)N[C@@H](CC(C)C)C(=O)N1CCC[C@H]1C(=O)O. The van der Waals surface area contributed by atoms with Crippen LogP contribution in [0.4, 0.5) is 0 Å². The molecule has 1 saturated heterocycles. The fraction of sp³-hybridized carbons (Fsp3) is 0.805. The Morgan fingerprint density at radius 1 is 0.569 bits per heavy atom. The van der Waals surface area contributed by atoms with Crippen molar-refractivity contribution in [3.63, 3.8) is 0 Å². The molecule has 58 heavy (non-hydrogen) atoms. The van der Waals surface area contributed by atoms with Crippen molar-refractivity contribution < 1.29 is 43.5 Å². The number of likely N-dealkylation sites (tertiary alicyclic amines) is 1. The zero-order valence-electron chi connectivity index (χ0n) is 36.9. The van der Waals surface area contributed by atoms with Gasteiger partial charge in [-0.15, -0.1) is 0 Å². The van der Waals surface area contributed by atoms with Gasteiger partial charge in [-0.1, -0.05) is 75.7 Å². The van der Waals surface area contributed by atoms with E-state index in [4.69, 9.17) is 5.73 Å². The van der Waals surface area contributed by atoms with Crippen LogP contribution in [0.5, 0.6) is 0 Å². The Labute approximate surface area is 345 Å². The van der Waals surface area contributed by atoms with Gasteiger partial charge in [-0.3, -0.25) is 33.6 Å². The van der Waals surface area contributed by atoms with E-state index in [0.717, 1.165) is 0 Å². The molecule has 1 aliphatic rings. The van der Waals surface area contributed by atoms with E-state index in [9.17, 15) is 43.5 Å². The number of carbonyl (C=O) groups excluding carboxylic acids is 7. The van der Waals surface area contributed by atoms with E-state index in [0.29, 0.717) is 32.1 Å². The quantitative estimate of drug-likeness (QED) is 0.0697. The highest BCUT2D eigenvalue weighted by Crippen LogP contribution is 2.21. The molecule has 0 aliphatic carbocycles. The van der Waals surface area contributed by atoms with Gasteiger partial charge in [0.2, 0.25) is 41.4 Å². The van der Waals surface area contributed by atoms with Gasteiger partial charge in [0.1, 0.15) is 42.3 Å². The molecule has 0 spiro atoms. The molecular formula is C41H74N8O9. The van der Waals surface area contributed by atoms with Gasteiger partial charge in [-0.2, -0.15) is 0 Å². The summed E-state index contributed by atoms with van der Waals surface area (Å²) in [6.45, 7) is 21.9. The van der Waals surface area contributed by atoms with Gasteiger partial charge >= 0.3 is 5.97 Å². The summed E-state index contributed by atoms with van der Waals surface area (Å²) in [5.74, 6) is -5.43. The van der Waals surface area contributed by atoms with E-state index in [2.05, 4.69) is 31.9 Å². The monoisotopic (exact) mass is 823 g/mol. The average Bonchev–Trinajstić information content (AvgIpc) is 3.61. The summed E-state index contributed by atoms with van der Waals surface area (Å²) in [7, 11) is 0. The van der Waals surface area contributed by atoms with Crippen molar-refractivity contribution in [2.45, 2.75) is 176 Å². The number of nitrogens with zero attached hydrogens (tertiary/aromatic N) is 1. The predicted octanol–water partition coefficient (Wildman–Crippen LogP) is 1.57. The maximum absolute atomic E-state index is 13.6. The molecule has 9 N–H and O–H groups in total. The van der Waals surface area contributed by atoms with Crippen LogP contribution < -0.4 is 37.6 Å². The van der Waals surface area contributed by atoms with E-state index >= 15 is 0 Å². The Hall–Kier alpha value is -4.28. The first-order valence-corrected chi connectivity index (χ1v) is 21.0. The number of hydrogen-bond acceptors (Lipinski definition) is 9. The van der Waals surface area contributed by atoms with E-state index in [1.165, 1.54) is 18.7 Å². The van der Waals surface area contributed by atoms with E-state index in [1.807, 2.05) is 62.3 Å². The van der Waals surface area contributed by atoms with Crippen LogP contribution in [0.15, 0.2) is 0 Å². The molecule has 0 radical (unpaired) electrons. The highest BCUT2D eigenvalue weighted by Gasteiger charge is 2.39. The van der Waals surface area contributed by atoms with Crippen LogP contribution in [-0.2, 0) is 38.4 Å². The number of hydrogen-bond donors (Lipinski definition) is 8. The molecule has 7 amide bonds. The Balaban J connectivity index is 3.04. The van der Waals surface area contributed by atoms with Crippen LogP contribution in [0.2, 0.25) is 0 Å². The first-order valence-electron chi connectivity index (χ1n) is 21.0. The van der Waals surface area contributed by atoms with Crippen molar-refractivity contribution in [2.24, 2.45) is 35.3 Å². The molecule has 0 aromatic rings. The van der Waals surface area contributed by atoms with Crippen molar-refractivity contribution in [3.8, 4) is 0 Å². The number of rotatable bonds is 24. The minimum absolute atomic E-state index is 0.0129. The Morgan fingerprint density at radius 2 is 0.983 bits per heavy atom. The lowest BCUT2D eigenvalue weighted by molar-refractivity contribution is -0.149. The van der Waals surface area contributed by atoms with Gasteiger partial charge in [-0.05, 0) is 82.0 Å². The van der Waals surface area contributed by atoms with Crippen LogP contribution in [0.3, 0.4) is 0 Å². The number of carboxylic acid groups (broad SMARTS) is 1. The van der Waals surface area contributed by atoms with Crippen LogP contribution in [0, 0.1) is 29.6 Å². The molecule has 0 aromatic carbocycles. The Morgan fingerprint density at radius 3 is 1.45 bits per heavy atom. The van der Waals surface area contributed by atoms with Gasteiger partial charge in [0.05, 0.1) is 6.04 Å². The number of carbonyl (C=O) groups is 8. The van der Waals surface area contributed by atoms with Crippen molar-refractivity contribution in [1.82, 2.24) is 36.8 Å². The average molecular weight is 823 g/mol. The van der Waals surface area contributed by atoms with Gasteiger partial charge < -0.3 is 47.6 Å². The largest absolute Gasteiger partial charge is 0.480 e. The number of nitrogens with two attached hydrogens (primary N) is 1. The summed E-state index contributed by atoms with van der Waals surface area (Å²) in [5, 5.41) is 25.8. The summed E-state index contributed by atoms with van der Waals surface area (Å²) < 4.78 is 0. The van der Waals surface area contributed by atoms with Crippen molar-refractivity contribution >= 4 is 47.3 Å². The normalized spacial score (nSPS) is 18.4. The fourth-order valence-electron chi connectivity index (χ4n) is 6.78. The second-order valence-corrected chi connectivity index (χ2v) is 17.7. The van der Waals surface area contributed by atoms with Crippen LogP contribution >= 0.6 is 0 Å². The number of carboxylic acids is 1. The van der Waals surface area contributed by atoms with E-state index < -0.39 is 95.7 Å². The summed E-state index contributed by atoms with van der Waals surface area (Å²) in [6, 6.07) is -8.12. The number of amides is 7. The topological polar surface area (TPSA) is 258 Å². The van der Waals surface area contributed by atoms with Crippen molar-refractivity contribution in [2.75, 3.05) is 6.54 Å². The van der Waals surface area contributed by atoms with E-state index in [1.54, 1.807) is 6.92 Å². The summed E-state index contributed by atoms with van der Waals surface area (Å²) in [4.78, 5) is 107. The molecule has 17 nitrogen and oxygen atoms in total. The summed E-state index contributed by atoms with van der Waals surface area (Å²) >= 11 is 0. The highest BCUT2D eigenvalue weighted by molar-refractivity contribution is 5.97. The smallest absolute Gasteiger partial charge is 0.326 e. The standard InChI is InChI=1S/C41H74N8O9/c1-13-25(10)33(48-38(54)30(19-23(6)7)46-36(52)28(42)17-21(2)3)39(55)44-26(11)34(50)43-27(12)35(51)45-29(18-22(4)5)37(53)47-31(20-24(8)9)40(56)49-16-14-15-32(49)41(57)58/h21-33H,13-20,42H2,1-12H3,(H,43,50)(H,44,55)(H,45,51)(H,46,52)(H,47,53)(H,48,54)(H,57,58)/t25-,26-,27-,28-,29-,30-,31-,32-,33-/m0/s1. The molecule has 0 saturated carbocycles. The van der Waals surface area contributed by atoms with Crippen LogP contribution in [-0.4, -0.2) is 112 Å². The minimum atomic E-state index is -1.14.